The Balaban J connectivity index is 2.02. The second-order valence-electron chi connectivity index (χ2n) is 7.05. The minimum absolute atomic E-state index is 0.0631. The van der Waals surface area contributed by atoms with Crippen molar-refractivity contribution in [3.63, 3.8) is 0 Å². The zero-order valence-corrected chi connectivity index (χ0v) is 13.8. The third kappa shape index (κ3) is 3.98. The van der Waals surface area contributed by atoms with Gasteiger partial charge < -0.3 is 9.84 Å². The number of hydrogen-bond donors (Lipinski definition) is 1. The first kappa shape index (κ1) is 16.8. The number of ether oxygens (including phenoxy) is 1. The number of likely N-dealkylation sites (N-methyl/N-ethyl adjacent to an activating group) is 1. The molecular formula is C17H31NO3. The van der Waals surface area contributed by atoms with Crippen molar-refractivity contribution < 1.29 is 14.6 Å². The van der Waals surface area contributed by atoms with E-state index in [1.165, 1.54) is 32.1 Å². The van der Waals surface area contributed by atoms with E-state index in [2.05, 4.69) is 25.7 Å². The molecule has 4 heteroatoms. The Labute approximate surface area is 128 Å². The van der Waals surface area contributed by atoms with Gasteiger partial charge in [0.1, 0.15) is 0 Å². The van der Waals surface area contributed by atoms with E-state index in [9.17, 15) is 9.90 Å². The lowest BCUT2D eigenvalue weighted by molar-refractivity contribution is -0.143. The Morgan fingerprint density at radius 1 is 1.24 bits per heavy atom. The van der Waals surface area contributed by atoms with Crippen LogP contribution in [0.3, 0.4) is 0 Å². The molecule has 2 aliphatic rings. The molecule has 1 aliphatic carbocycles. The summed E-state index contributed by atoms with van der Waals surface area (Å²) in [5, 5.41) is 9.39. The van der Waals surface area contributed by atoms with Crippen LogP contribution in [0, 0.1) is 17.8 Å². The van der Waals surface area contributed by atoms with E-state index in [1.807, 2.05) is 0 Å². The quantitative estimate of drug-likeness (QED) is 0.793. The van der Waals surface area contributed by atoms with Crippen molar-refractivity contribution >= 4 is 5.97 Å². The van der Waals surface area contributed by atoms with E-state index < -0.39 is 5.97 Å². The molecule has 4 atom stereocenters. The van der Waals surface area contributed by atoms with Crippen LogP contribution in [-0.2, 0) is 9.53 Å². The highest BCUT2D eigenvalue weighted by Gasteiger charge is 2.40. The highest BCUT2D eigenvalue weighted by atomic mass is 16.5. The van der Waals surface area contributed by atoms with Crippen LogP contribution in [-0.4, -0.2) is 47.8 Å². The SMILES string of the molecule is CCN(C1CCCC(C(C)C)CC1)C1COCC1C(=O)O. The van der Waals surface area contributed by atoms with Crippen LogP contribution >= 0.6 is 0 Å². The molecule has 1 saturated heterocycles. The summed E-state index contributed by atoms with van der Waals surface area (Å²) in [5.41, 5.74) is 0. The lowest BCUT2D eigenvalue weighted by Crippen LogP contribution is -2.48. The maximum absolute atomic E-state index is 11.4. The molecule has 1 heterocycles. The van der Waals surface area contributed by atoms with Crippen LogP contribution in [0.25, 0.3) is 0 Å². The second kappa shape index (κ2) is 7.59. The second-order valence-corrected chi connectivity index (χ2v) is 7.05. The largest absolute Gasteiger partial charge is 0.481 e. The van der Waals surface area contributed by atoms with Crippen molar-refractivity contribution in [3.8, 4) is 0 Å². The maximum atomic E-state index is 11.4. The summed E-state index contributed by atoms with van der Waals surface area (Å²) in [6, 6.07) is 0.598. The van der Waals surface area contributed by atoms with Gasteiger partial charge in [0, 0.05) is 12.1 Å². The van der Waals surface area contributed by atoms with Gasteiger partial charge >= 0.3 is 5.97 Å². The van der Waals surface area contributed by atoms with Crippen molar-refractivity contribution in [2.45, 2.75) is 65.0 Å². The fourth-order valence-electron chi connectivity index (χ4n) is 4.18. The number of carboxylic acid groups (broad SMARTS) is 1. The van der Waals surface area contributed by atoms with E-state index >= 15 is 0 Å². The lowest BCUT2D eigenvalue weighted by atomic mass is 9.89. The third-order valence-corrected chi connectivity index (χ3v) is 5.55. The molecule has 2 fully saturated rings. The fourth-order valence-corrected chi connectivity index (χ4v) is 4.18. The van der Waals surface area contributed by atoms with Crippen molar-refractivity contribution in [2.24, 2.45) is 17.8 Å². The van der Waals surface area contributed by atoms with E-state index in [1.54, 1.807) is 0 Å². The summed E-state index contributed by atoms with van der Waals surface area (Å²) in [6.07, 6.45) is 6.30. The van der Waals surface area contributed by atoms with Crippen LogP contribution in [0.5, 0.6) is 0 Å². The number of rotatable bonds is 5. The van der Waals surface area contributed by atoms with Gasteiger partial charge in [-0.25, -0.2) is 0 Å². The summed E-state index contributed by atoms with van der Waals surface area (Å²) in [6.45, 7) is 8.69. The van der Waals surface area contributed by atoms with Gasteiger partial charge in [0.05, 0.1) is 19.1 Å². The van der Waals surface area contributed by atoms with Crippen LogP contribution < -0.4 is 0 Å². The van der Waals surface area contributed by atoms with Crippen molar-refractivity contribution in [2.75, 3.05) is 19.8 Å². The molecule has 1 aliphatic heterocycles. The predicted molar refractivity (Wildman–Crippen MR) is 83.3 cm³/mol. The van der Waals surface area contributed by atoms with E-state index in [-0.39, 0.29) is 12.0 Å². The van der Waals surface area contributed by atoms with Gasteiger partial charge in [0.2, 0.25) is 0 Å². The first-order valence-corrected chi connectivity index (χ1v) is 8.60. The van der Waals surface area contributed by atoms with Gasteiger partial charge in [-0.15, -0.1) is 0 Å². The van der Waals surface area contributed by atoms with Crippen LogP contribution in [0.4, 0.5) is 0 Å². The molecule has 1 saturated carbocycles. The molecule has 0 aromatic heterocycles. The van der Waals surface area contributed by atoms with E-state index in [4.69, 9.17) is 4.74 Å². The van der Waals surface area contributed by atoms with Gasteiger partial charge in [0.25, 0.3) is 0 Å². The number of hydrogen-bond acceptors (Lipinski definition) is 3. The first-order valence-electron chi connectivity index (χ1n) is 8.60. The van der Waals surface area contributed by atoms with Gasteiger partial charge in [-0.3, -0.25) is 9.69 Å². The molecule has 1 N–H and O–H groups in total. The summed E-state index contributed by atoms with van der Waals surface area (Å²) in [4.78, 5) is 13.8. The Bertz CT molecular complexity index is 345. The average Bonchev–Trinajstić information content (AvgIpc) is 2.78. The Hall–Kier alpha value is -0.610. The van der Waals surface area contributed by atoms with E-state index in [0.29, 0.717) is 19.3 Å². The minimum atomic E-state index is -0.704. The zero-order chi connectivity index (χ0) is 15.4. The summed E-state index contributed by atoms with van der Waals surface area (Å²) in [5.74, 6) is 0.544. The highest BCUT2D eigenvalue weighted by molar-refractivity contribution is 5.71. The van der Waals surface area contributed by atoms with Crippen LogP contribution in [0.1, 0.15) is 52.9 Å². The Morgan fingerprint density at radius 3 is 2.62 bits per heavy atom. The molecular weight excluding hydrogens is 266 g/mol. The highest BCUT2D eigenvalue weighted by Crippen LogP contribution is 2.33. The Kier molecular flexibility index (Phi) is 6.06. The molecule has 0 radical (unpaired) electrons. The molecule has 0 aromatic rings. The molecule has 21 heavy (non-hydrogen) atoms. The predicted octanol–water partition coefficient (Wildman–Crippen LogP) is 3.01. The van der Waals surface area contributed by atoms with Gasteiger partial charge in [-0.05, 0) is 37.6 Å². The summed E-state index contributed by atoms with van der Waals surface area (Å²) in [7, 11) is 0. The van der Waals surface area contributed by atoms with Crippen LogP contribution in [0.2, 0.25) is 0 Å². The Morgan fingerprint density at radius 2 is 2.00 bits per heavy atom. The van der Waals surface area contributed by atoms with Crippen molar-refractivity contribution in [1.29, 1.82) is 0 Å². The molecule has 0 amide bonds. The summed E-state index contributed by atoms with van der Waals surface area (Å²) < 4.78 is 5.47. The molecule has 0 aromatic carbocycles. The molecule has 0 spiro atoms. The van der Waals surface area contributed by atoms with E-state index in [0.717, 1.165) is 18.4 Å². The minimum Gasteiger partial charge on any atom is -0.481 e. The third-order valence-electron chi connectivity index (χ3n) is 5.55. The molecule has 0 bridgehead atoms. The molecule has 4 unspecified atom stereocenters. The number of aliphatic carboxylic acids is 1. The topological polar surface area (TPSA) is 49.8 Å². The van der Waals surface area contributed by atoms with Crippen molar-refractivity contribution in [3.05, 3.63) is 0 Å². The van der Waals surface area contributed by atoms with Gasteiger partial charge in [-0.1, -0.05) is 33.6 Å². The smallest absolute Gasteiger partial charge is 0.310 e. The normalized spacial score (nSPS) is 34.3. The summed E-state index contributed by atoms with van der Waals surface area (Å²) >= 11 is 0. The average molecular weight is 297 g/mol. The lowest BCUT2D eigenvalue weighted by Gasteiger charge is -2.36. The monoisotopic (exact) mass is 297 g/mol. The van der Waals surface area contributed by atoms with Gasteiger partial charge in [-0.2, -0.15) is 0 Å². The number of nitrogens with zero attached hydrogens (tertiary/aromatic N) is 1. The standard InChI is InChI=1S/C17H31NO3/c1-4-18(16-11-21-10-15(16)17(19)20)14-7-5-6-13(8-9-14)12(2)3/h12-16H,4-11H2,1-3H3,(H,19,20). The number of carboxylic acids is 1. The first-order chi connectivity index (χ1) is 10.0. The maximum Gasteiger partial charge on any atom is 0.310 e. The van der Waals surface area contributed by atoms with Gasteiger partial charge in [0.15, 0.2) is 0 Å². The zero-order valence-electron chi connectivity index (χ0n) is 13.8. The number of carbonyl (C=O) groups is 1. The molecule has 4 nitrogen and oxygen atoms in total. The molecule has 2 rings (SSSR count). The van der Waals surface area contributed by atoms with Crippen LogP contribution in [0.15, 0.2) is 0 Å². The molecule has 122 valence electrons. The van der Waals surface area contributed by atoms with Crippen molar-refractivity contribution in [1.82, 2.24) is 4.90 Å². The fraction of sp³-hybridized carbons (Fsp3) is 0.941.